The Morgan fingerprint density at radius 3 is 2.88 bits per heavy atom. The molecule has 0 aliphatic heterocycles. The summed E-state index contributed by atoms with van der Waals surface area (Å²) in [6, 6.07) is 1.28. The highest BCUT2D eigenvalue weighted by Gasteiger charge is 2.07. The number of rotatable bonds is 3. The van der Waals surface area contributed by atoms with Gasteiger partial charge in [0.15, 0.2) is 5.78 Å². The Bertz CT molecular complexity index is 556. The summed E-state index contributed by atoms with van der Waals surface area (Å²) in [6.07, 6.45) is 4.68. The van der Waals surface area contributed by atoms with E-state index in [4.69, 9.17) is 0 Å². The molecule has 16 heavy (non-hydrogen) atoms. The molecule has 0 saturated heterocycles. The zero-order chi connectivity index (χ0) is 11.5. The number of H-pyrrole nitrogens is 1. The van der Waals surface area contributed by atoms with E-state index < -0.39 is 0 Å². The molecule has 0 unspecified atom stereocenters. The zero-order valence-electron chi connectivity index (χ0n) is 8.67. The second kappa shape index (κ2) is 4.09. The molecule has 0 aromatic carbocycles. The highest BCUT2D eigenvalue weighted by molar-refractivity contribution is 5.91. The molecule has 0 bridgehead atoms. The third-order valence-electron chi connectivity index (χ3n) is 2.11. The van der Waals surface area contributed by atoms with Gasteiger partial charge in [0.25, 0.3) is 5.56 Å². The van der Waals surface area contributed by atoms with Crippen LogP contribution in [0.1, 0.15) is 23.1 Å². The maximum absolute atomic E-state index is 11.5. The number of aromatic nitrogens is 4. The minimum absolute atomic E-state index is 0.171. The van der Waals surface area contributed by atoms with Crippen molar-refractivity contribution in [3.8, 4) is 0 Å². The van der Waals surface area contributed by atoms with Gasteiger partial charge in [-0.1, -0.05) is 0 Å². The van der Waals surface area contributed by atoms with Crippen molar-refractivity contribution in [1.29, 1.82) is 0 Å². The van der Waals surface area contributed by atoms with Crippen LogP contribution in [0.3, 0.4) is 0 Å². The van der Waals surface area contributed by atoms with Crippen molar-refractivity contribution >= 4 is 5.78 Å². The van der Waals surface area contributed by atoms with Crippen LogP contribution in [-0.2, 0) is 6.54 Å². The van der Waals surface area contributed by atoms with Crippen LogP contribution in [0.15, 0.2) is 29.5 Å². The molecule has 0 aliphatic carbocycles. The number of nitrogens with zero attached hydrogens (tertiary/aromatic N) is 3. The Morgan fingerprint density at radius 1 is 1.50 bits per heavy atom. The summed E-state index contributed by atoms with van der Waals surface area (Å²) in [5.41, 5.74) is 0.700. The van der Waals surface area contributed by atoms with Crippen LogP contribution in [0, 0.1) is 0 Å². The van der Waals surface area contributed by atoms with Crippen LogP contribution in [0.5, 0.6) is 0 Å². The Balaban J connectivity index is 2.29. The fourth-order valence-corrected chi connectivity index (χ4v) is 1.31. The summed E-state index contributed by atoms with van der Waals surface area (Å²) in [7, 11) is 0. The third-order valence-corrected chi connectivity index (χ3v) is 2.11. The Kier molecular flexibility index (Phi) is 2.63. The molecule has 0 fully saturated rings. The predicted molar refractivity (Wildman–Crippen MR) is 56.2 cm³/mol. The maximum atomic E-state index is 11.5. The van der Waals surface area contributed by atoms with Crippen LogP contribution >= 0.6 is 0 Å². The lowest BCUT2D eigenvalue weighted by molar-refractivity contribution is 0.101. The van der Waals surface area contributed by atoms with E-state index in [9.17, 15) is 9.59 Å². The minimum atomic E-state index is -0.254. The van der Waals surface area contributed by atoms with E-state index in [1.54, 1.807) is 18.6 Å². The van der Waals surface area contributed by atoms with E-state index in [0.717, 1.165) is 0 Å². The molecule has 82 valence electrons. The second-order valence-electron chi connectivity index (χ2n) is 3.35. The topological polar surface area (TPSA) is 80.6 Å². The number of carbonyl (C=O) groups is 1. The standard InChI is InChI=1S/C10H10N4O2/c1-7(15)9-4-10(16)14(13-9)6-8-5-11-2-3-12-8/h2-5,13H,6H2,1H3. The molecule has 0 radical (unpaired) electrons. The predicted octanol–water partition coefficient (Wildman–Crippen LogP) is 0.217. The monoisotopic (exact) mass is 218 g/mol. The van der Waals surface area contributed by atoms with Gasteiger partial charge in [0, 0.05) is 25.4 Å². The van der Waals surface area contributed by atoms with Gasteiger partial charge in [-0.05, 0) is 0 Å². The van der Waals surface area contributed by atoms with Gasteiger partial charge >= 0.3 is 0 Å². The van der Waals surface area contributed by atoms with Crippen molar-refractivity contribution in [3.05, 3.63) is 46.4 Å². The molecule has 2 aromatic heterocycles. The van der Waals surface area contributed by atoms with Gasteiger partial charge in [0.1, 0.15) is 5.69 Å². The van der Waals surface area contributed by atoms with E-state index in [0.29, 0.717) is 11.4 Å². The van der Waals surface area contributed by atoms with Crippen molar-refractivity contribution in [3.63, 3.8) is 0 Å². The Morgan fingerprint density at radius 2 is 2.31 bits per heavy atom. The molecule has 6 nitrogen and oxygen atoms in total. The smallest absolute Gasteiger partial charge is 0.267 e. The first-order valence-electron chi connectivity index (χ1n) is 4.72. The molecular formula is C10H10N4O2. The molecule has 2 heterocycles. The molecule has 2 rings (SSSR count). The van der Waals surface area contributed by atoms with Crippen LogP contribution in [0.2, 0.25) is 0 Å². The second-order valence-corrected chi connectivity index (χ2v) is 3.35. The Hall–Kier alpha value is -2.24. The molecule has 0 saturated carbocycles. The first kappa shape index (κ1) is 10.3. The van der Waals surface area contributed by atoms with Gasteiger partial charge in [0.05, 0.1) is 18.4 Å². The van der Waals surface area contributed by atoms with Crippen molar-refractivity contribution in [2.24, 2.45) is 0 Å². The van der Waals surface area contributed by atoms with Gasteiger partial charge in [-0.25, -0.2) is 4.68 Å². The SMILES string of the molecule is CC(=O)c1cc(=O)n(Cc2cnccn2)[nH]1. The van der Waals surface area contributed by atoms with Crippen molar-refractivity contribution in [2.75, 3.05) is 0 Å². The van der Waals surface area contributed by atoms with Gasteiger partial charge in [0.2, 0.25) is 0 Å². The number of aromatic amines is 1. The fraction of sp³-hybridized carbons (Fsp3) is 0.200. The van der Waals surface area contributed by atoms with Gasteiger partial charge in [-0.3, -0.25) is 24.7 Å². The largest absolute Gasteiger partial charge is 0.293 e. The molecule has 0 aliphatic rings. The highest BCUT2D eigenvalue weighted by Crippen LogP contribution is 1.95. The van der Waals surface area contributed by atoms with Crippen molar-refractivity contribution in [1.82, 2.24) is 19.7 Å². The van der Waals surface area contributed by atoms with Gasteiger partial charge in [-0.2, -0.15) is 0 Å². The van der Waals surface area contributed by atoms with Crippen LogP contribution in [-0.4, -0.2) is 25.5 Å². The molecule has 0 spiro atoms. The van der Waals surface area contributed by atoms with E-state index in [2.05, 4.69) is 15.1 Å². The summed E-state index contributed by atoms with van der Waals surface area (Å²) in [5.74, 6) is -0.171. The highest BCUT2D eigenvalue weighted by atomic mass is 16.1. The number of hydrogen-bond acceptors (Lipinski definition) is 4. The lowest BCUT2D eigenvalue weighted by atomic mass is 10.3. The molecule has 1 N–H and O–H groups in total. The lowest BCUT2D eigenvalue weighted by Gasteiger charge is -1.99. The minimum Gasteiger partial charge on any atom is -0.293 e. The number of ketones is 1. The number of hydrogen-bond donors (Lipinski definition) is 1. The molecule has 0 atom stereocenters. The normalized spacial score (nSPS) is 10.3. The van der Waals surface area contributed by atoms with Crippen LogP contribution in [0.25, 0.3) is 0 Å². The van der Waals surface area contributed by atoms with Crippen LogP contribution in [0.4, 0.5) is 0 Å². The number of carbonyl (C=O) groups excluding carboxylic acids is 1. The van der Waals surface area contributed by atoms with E-state index in [1.807, 2.05) is 0 Å². The van der Waals surface area contributed by atoms with E-state index >= 15 is 0 Å². The van der Waals surface area contributed by atoms with Gasteiger partial charge in [-0.15, -0.1) is 0 Å². The number of Topliss-reactive ketones (excluding diaryl/α,β-unsaturated/α-hetero) is 1. The van der Waals surface area contributed by atoms with Crippen molar-refractivity contribution in [2.45, 2.75) is 13.5 Å². The average molecular weight is 218 g/mol. The summed E-state index contributed by atoms with van der Waals surface area (Å²) >= 11 is 0. The molecular weight excluding hydrogens is 208 g/mol. The maximum Gasteiger partial charge on any atom is 0.267 e. The first-order valence-corrected chi connectivity index (χ1v) is 4.72. The molecule has 6 heteroatoms. The van der Waals surface area contributed by atoms with Crippen LogP contribution < -0.4 is 5.56 Å². The summed E-state index contributed by atoms with van der Waals surface area (Å²) < 4.78 is 1.32. The third kappa shape index (κ3) is 2.05. The van der Waals surface area contributed by atoms with Crippen molar-refractivity contribution < 1.29 is 4.79 Å². The quantitative estimate of drug-likeness (QED) is 0.747. The zero-order valence-corrected chi connectivity index (χ0v) is 8.67. The summed E-state index contributed by atoms with van der Waals surface area (Å²) in [5, 5.41) is 2.72. The number of nitrogens with one attached hydrogen (secondary N) is 1. The summed E-state index contributed by atoms with van der Waals surface area (Å²) in [4.78, 5) is 30.5. The molecule has 0 amide bonds. The van der Waals surface area contributed by atoms with Gasteiger partial charge < -0.3 is 0 Å². The van der Waals surface area contributed by atoms with E-state index in [1.165, 1.54) is 17.7 Å². The van der Waals surface area contributed by atoms with E-state index in [-0.39, 0.29) is 17.9 Å². The molecule has 2 aromatic rings. The average Bonchev–Trinajstić information content (AvgIpc) is 2.62. The fourth-order valence-electron chi connectivity index (χ4n) is 1.31. The summed E-state index contributed by atoms with van der Waals surface area (Å²) in [6.45, 7) is 1.68. The first-order chi connectivity index (χ1) is 7.66. The Labute approximate surface area is 91.0 Å². The lowest BCUT2D eigenvalue weighted by Crippen LogP contribution is -2.17.